The number of ether oxygens (including phenoxy) is 1. The minimum atomic E-state index is -3.53. The molecule has 21 heavy (non-hydrogen) atoms. The summed E-state index contributed by atoms with van der Waals surface area (Å²) >= 11 is 0. The van der Waals surface area contributed by atoms with E-state index < -0.39 is 15.9 Å². The number of benzene rings is 1. The molecule has 1 aromatic rings. The van der Waals surface area contributed by atoms with Crippen molar-refractivity contribution in [1.82, 2.24) is 4.31 Å². The molecule has 1 aromatic carbocycles. The third-order valence-corrected chi connectivity index (χ3v) is 5.15. The number of nitrogens with one attached hydrogen (secondary N) is 1. The molecule has 0 bridgehead atoms. The Bertz CT molecular complexity index is 630. The van der Waals surface area contributed by atoms with Gasteiger partial charge in [-0.2, -0.15) is 0 Å². The van der Waals surface area contributed by atoms with Crippen LogP contribution < -0.4 is 11.1 Å². The van der Waals surface area contributed by atoms with Crippen molar-refractivity contribution in [2.45, 2.75) is 10.9 Å². The summed E-state index contributed by atoms with van der Waals surface area (Å²) in [7, 11) is -0.625. The molecule has 0 aliphatic carbocycles. The number of carbonyl (C=O) groups is 1. The van der Waals surface area contributed by atoms with Gasteiger partial charge in [-0.15, -0.1) is 0 Å². The fourth-order valence-electron chi connectivity index (χ4n) is 2.02. The van der Waals surface area contributed by atoms with Crippen LogP contribution in [0.25, 0.3) is 0 Å². The van der Waals surface area contributed by atoms with Crippen molar-refractivity contribution >= 4 is 21.6 Å². The molecule has 2 rings (SSSR count). The number of nitrogens with zero attached hydrogens (tertiary/aromatic N) is 1. The molecule has 1 fully saturated rings. The first-order chi connectivity index (χ1) is 9.82. The third kappa shape index (κ3) is 3.41. The highest BCUT2D eigenvalue weighted by atomic mass is 32.2. The maximum atomic E-state index is 12.1. The van der Waals surface area contributed by atoms with Crippen LogP contribution in [0.15, 0.2) is 29.2 Å². The number of carbonyl (C=O) groups excluding carboxylic acids is 1. The van der Waals surface area contributed by atoms with Gasteiger partial charge in [-0.25, -0.2) is 12.7 Å². The predicted octanol–water partition coefficient (Wildman–Crippen LogP) is -0.151. The summed E-state index contributed by atoms with van der Waals surface area (Å²) in [6.45, 7) is 0.635. The monoisotopic (exact) mass is 313 g/mol. The minimum absolute atomic E-state index is 0.122. The molecule has 2 unspecified atom stereocenters. The van der Waals surface area contributed by atoms with Gasteiger partial charge in [-0.1, -0.05) is 6.07 Å². The fraction of sp³-hybridized carbons (Fsp3) is 0.462. The molecule has 0 aromatic heterocycles. The lowest BCUT2D eigenvalue weighted by Crippen LogP contribution is -2.37. The maximum Gasteiger partial charge on any atom is 0.242 e. The highest BCUT2D eigenvalue weighted by molar-refractivity contribution is 7.89. The molecule has 3 N–H and O–H groups in total. The Morgan fingerprint density at radius 3 is 2.67 bits per heavy atom. The van der Waals surface area contributed by atoms with Gasteiger partial charge in [-0.05, 0) is 18.2 Å². The Hall–Kier alpha value is -1.48. The lowest BCUT2D eigenvalue weighted by molar-refractivity contribution is -0.120. The fourth-order valence-corrected chi connectivity index (χ4v) is 2.97. The van der Waals surface area contributed by atoms with Gasteiger partial charge in [0, 0.05) is 25.8 Å². The normalized spacial score (nSPS) is 22.5. The van der Waals surface area contributed by atoms with E-state index >= 15 is 0 Å². The Kier molecular flexibility index (Phi) is 4.62. The van der Waals surface area contributed by atoms with Gasteiger partial charge in [-0.3, -0.25) is 4.79 Å². The summed E-state index contributed by atoms with van der Waals surface area (Å²) < 4.78 is 30.4. The summed E-state index contributed by atoms with van der Waals surface area (Å²) in [4.78, 5) is 12.2. The Balaban J connectivity index is 2.17. The van der Waals surface area contributed by atoms with Gasteiger partial charge in [0.15, 0.2) is 0 Å². The average Bonchev–Trinajstić information content (AvgIpc) is 2.85. The largest absolute Gasteiger partial charge is 0.379 e. The van der Waals surface area contributed by atoms with Crippen molar-refractivity contribution in [2.75, 3.05) is 32.6 Å². The zero-order valence-corrected chi connectivity index (χ0v) is 12.8. The molecule has 7 nitrogen and oxygen atoms in total. The molecule has 1 aliphatic rings. The summed E-state index contributed by atoms with van der Waals surface area (Å²) in [5, 5.41) is 2.68. The SMILES string of the molecule is CN(C)S(=O)(=O)c1cccc(NC(=O)C2COCC2N)c1. The van der Waals surface area contributed by atoms with Gasteiger partial charge in [0.05, 0.1) is 24.0 Å². The topological polar surface area (TPSA) is 102 Å². The molecular formula is C13H19N3O4S. The second-order valence-electron chi connectivity index (χ2n) is 5.11. The minimum Gasteiger partial charge on any atom is -0.379 e. The first-order valence-corrected chi connectivity index (χ1v) is 7.93. The number of hydrogen-bond donors (Lipinski definition) is 2. The summed E-state index contributed by atoms with van der Waals surface area (Å²) in [6.07, 6.45) is 0. The number of rotatable bonds is 4. The molecule has 1 aliphatic heterocycles. The standard InChI is InChI=1S/C13H19N3O4S/c1-16(2)21(18,19)10-5-3-4-9(6-10)15-13(17)11-7-20-8-12(11)14/h3-6,11-12H,7-8,14H2,1-2H3,(H,15,17). The van der Waals surface area contributed by atoms with Crippen LogP contribution in [0.1, 0.15) is 0 Å². The molecule has 1 heterocycles. The molecular weight excluding hydrogens is 294 g/mol. The van der Waals surface area contributed by atoms with Crippen molar-refractivity contribution < 1.29 is 17.9 Å². The highest BCUT2D eigenvalue weighted by Gasteiger charge is 2.31. The molecule has 0 spiro atoms. The quantitative estimate of drug-likeness (QED) is 0.805. The Morgan fingerprint density at radius 1 is 1.38 bits per heavy atom. The van der Waals surface area contributed by atoms with Crippen molar-refractivity contribution in [3.63, 3.8) is 0 Å². The van der Waals surface area contributed by atoms with E-state index in [1.807, 2.05) is 0 Å². The van der Waals surface area contributed by atoms with Gasteiger partial charge >= 0.3 is 0 Å². The summed E-state index contributed by atoms with van der Waals surface area (Å²) in [6, 6.07) is 5.79. The number of amides is 1. The van der Waals surface area contributed by atoms with Crippen molar-refractivity contribution in [3.05, 3.63) is 24.3 Å². The van der Waals surface area contributed by atoms with Gasteiger partial charge in [0.2, 0.25) is 15.9 Å². The Labute approximate surface area is 124 Å². The molecule has 0 radical (unpaired) electrons. The first kappa shape index (κ1) is 15.9. The lowest BCUT2D eigenvalue weighted by atomic mass is 10.0. The van der Waals surface area contributed by atoms with Crippen LogP contribution in [-0.2, 0) is 19.6 Å². The molecule has 1 amide bonds. The first-order valence-electron chi connectivity index (χ1n) is 6.49. The highest BCUT2D eigenvalue weighted by Crippen LogP contribution is 2.20. The van der Waals surface area contributed by atoms with E-state index in [0.29, 0.717) is 12.3 Å². The van der Waals surface area contributed by atoms with E-state index in [1.54, 1.807) is 12.1 Å². The second-order valence-corrected chi connectivity index (χ2v) is 7.26. The van der Waals surface area contributed by atoms with E-state index in [0.717, 1.165) is 4.31 Å². The van der Waals surface area contributed by atoms with Crippen LogP contribution in [0.3, 0.4) is 0 Å². The van der Waals surface area contributed by atoms with Crippen molar-refractivity contribution in [2.24, 2.45) is 11.7 Å². The van der Waals surface area contributed by atoms with Gasteiger partial charge in [0.25, 0.3) is 0 Å². The third-order valence-electron chi connectivity index (χ3n) is 3.34. The lowest BCUT2D eigenvalue weighted by Gasteiger charge is -2.15. The van der Waals surface area contributed by atoms with E-state index in [1.165, 1.54) is 26.2 Å². The molecule has 0 saturated carbocycles. The average molecular weight is 313 g/mol. The number of nitrogens with two attached hydrogens (primary N) is 1. The second kappa shape index (κ2) is 6.10. The number of anilines is 1. The van der Waals surface area contributed by atoms with E-state index in [-0.39, 0.29) is 23.5 Å². The molecule has 116 valence electrons. The summed E-state index contributed by atoms with van der Waals surface area (Å²) in [5.41, 5.74) is 6.20. The number of sulfonamides is 1. The van der Waals surface area contributed by atoms with Gasteiger partial charge < -0.3 is 15.8 Å². The summed E-state index contributed by atoms with van der Waals surface area (Å²) in [5.74, 6) is -0.682. The van der Waals surface area contributed by atoms with Crippen LogP contribution in [0.5, 0.6) is 0 Å². The predicted molar refractivity (Wildman–Crippen MR) is 78.2 cm³/mol. The van der Waals surface area contributed by atoms with Crippen LogP contribution in [0, 0.1) is 5.92 Å². The van der Waals surface area contributed by atoms with Crippen molar-refractivity contribution in [1.29, 1.82) is 0 Å². The molecule has 1 saturated heterocycles. The van der Waals surface area contributed by atoms with Crippen LogP contribution >= 0.6 is 0 Å². The van der Waals surface area contributed by atoms with Crippen LogP contribution in [0.4, 0.5) is 5.69 Å². The maximum absolute atomic E-state index is 12.1. The number of hydrogen-bond acceptors (Lipinski definition) is 5. The van der Waals surface area contributed by atoms with E-state index in [4.69, 9.17) is 10.5 Å². The molecule has 2 atom stereocenters. The molecule has 8 heteroatoms. The zero-order valence-electron chi connectivity index (χ0n) is 11.9. The van der Waals surface area contributed by atoms with Crippen molar-refractivity contribution in [3.8, 4) is 0 Å². The van der Waals surface area contributed by atoms with Gasteiger partial charge in [0.1, 0.15) is 0 Å². The van der Waals surface area contributed by atoms with E-state index in [2.05, 4.69) is 5.32 Å². The van der Waals surface area contributed by atoms with E-state index in [9.17, 15) is 13.2 Å². The van der Waals surface area contributed by atoms with Crippen LogP contribution in [0.2, 0.25) is 0 Å². The zero-order chi connectivity index (χ0) is 15.6. The Morgan fingerprint density at radius 2 is 2.10 bits per heavy atom. The van der Waals surface area contributed by atoms with Crippen LogP contribution in [-0.4, -0.2) is 52.0 Å². The smallest absolute Gasteiger partial charge is 0.242 e.